The van der Waals surface area contributed by atoms with Gasteiger partial charge in [-0.3, -0.25) is 14.8 Å². The summed E-state index contributed by atoms with van der Waals surface area (Å²) in [5.41, 5.74) is 8.50. The largest absolute Gasteiger partial charge is 0.313 e. The van der Waals surface area contributed by atoms with E-state index in [9.17, 15) is 4.79 Å². The summed E-state index contributed by atoms with van der Waals surface area (Å²) in [6.45, 7) is 7.74. The Balaban J connectivity index is 1.52. The van der Waals surface area contributed by atoms with E-state index < -0.39 is 0 Å². The van der Waals surface area contributed by atoms with Crippen molar-refractivity contribution in [3.05, 3.63) is 88.4 Å². The van der Waals surface area contributed by atoms with Crippen molar-refractivity contribution in [3.63, 3.8) is 0 Å². The number of nitrogens with one attached hydrogen (secondary N) is 1. The fourth-order valence-corrected chi connectivity index (χ4v) is 4.13. The van der Waals surface area contributed by atoms with Gasteiger partial charge >= 0.3 is 0 Å². The normalized spacial score (nSPS) is 11.3. The maximum Gasteiger partial charge on any atom is 0.257 e. The molecule has 0 fully saturated rings. The van der Waals surface area contributed by atoms with E-state index in [0.717, 1.165) is 29.1 Å². The van der Waals surface area contributed by atoms with E-state index in [1.54, 1.807) is 0 Å². The van der Waals surface area contributed by atoms with Gasteiger partial charge in [0.25, 0.3) is 5.91 Å². The lowest BCUT2D eigenvalue weighted by molar-refractivity contribution is 0.102. The second kappa shape index (κ2) is 9.65. The van der Waals surface area contributed by atoms with Crippen molar-refractivity contribution in [1.82, 2.24) is 24.2 Å². The Morgan fingerprint density at radius 2 is 1.79 bits per heavy atom. The molecule has 4 aromatic rings. The van der Waals surface area contributed by atoms with Crippen molar-refractivity contribution in [2.24, 2.45) is 7.05 Å². The first-order valence-corrected chi connectivity index (χ1v) is 11.4. The summed E-state index contributed by atoms with van der Waals surface area (Å²) in [6, 6.07) is 14.0. The van der Waals surface area contributed by atoms with Crippen LogP contribution in [-0.2, 0) is 20.1 Å². The Hall–Kier alpha value is -3.71. The molecule has 0 bridgehead atoms. The number of anilines is 1. The molecule has 0 aliphatic rings. The van der Waals surface area contributed by atoms with Gasteiger partial charge in [0.15, 0.2) is 0 Å². The second-order valence-electron chi connectivity index (χ2n) is 9.15. The van der Waals surface area contributed by atoms with Crippen LogP contribution in [0.2, 0.25) is 0 Å². The number of amides is 1. The second-order valence-corrected chi connectivity index (χ2v) is 9.15. The Kier molecular flexibility index (Phi) is 6.65. The van der Waals surface area contributed by atoms with Gasteiger partial charge in [-0.1, -0.05) is 18.2 Å². The number of hydrogen-bond donors (Lipinski definition) is 1. The lowest BCUT2D eigenvalue weighted by Gasteiger charge is -2.13. The molecule has 0 saturated heterocycles. The van der Waals surface area contributed by atoms with Gasteiger partial charge < -0.3 is 9.47 Å². The summed E-state index contributed by atoms with van der Waals surface area (Å²) in [5.74, 6) is 0.330. The van der Waals surface area contributed by atoms with E-state index in [4.69, 9.17) is 0 Å². The summed E-state index contributed by atoms with van der Waals surface area (Å²) in [4.78, 5) is 19.6. The molecule has 0 unspecified atom stereocenters. The fraction of sp³-hybridized carbons (Fsp3) is 0.296. The van der Waals surface area contributed by atoms with E-state index in [1.807, 2.05) is 73.1 Å². The third-order valence-corrected chi connectivity index (χ3v) is 6.13. The van der Waals surface area contributed by atoms with E-state index >= 15 is 0 Å². The van der Waals surface area contributed by atoms with Crippen LogP contribution in [0.5, 0.6) is 0 Å². The summed E-state index contributed by atoms with van der Waals surface area (Å²) < 4.78 is 3.89. The summed E-state index contributed by atoms with van der Waals surface area (Å²) >= 11 is 0. The zero-order valence-electron chi connectivity index (χ0n) is 20.8. The van der Waals surface area contributed by atoms with Gasteiger partial charge in [0.05, 0.1) is 24.1 Å². The molecule has 34 heavy (non-hydrogen) atoms. The van der Waals surface area contributed by atoms with Crippen molar-refractivity contribution < 1.29 is 4.79 Å². The molecule has 176 valence electrons. The van der Waals surface area contributed by atoms with Crippen LogP contribution in [0.3, 0.4) is 0 Å². The van der Waals surface area contributed by atoms with Gasteiger partial charge in [-0.25, -0.2) is 4.98 Å². The number of aryl methyl sites for hydroxylation is 3. The highest BCUT2D eigenvalue weighted by atomic mass is 16.1. The fourth-order valence-electron chi connectivity index (χ4n) is 4.13. The van der Waals surface area contributed by atoms with Crippen molar-refractivity contribution >= 4 is 11.9 Å². The van der Waals surface area contributed by atoms with E-state index in [-0.39, 0.29) is 5.91 Å². The van der Waals surface area contributed by atoms with Gasteiger partial charge in [0.1, 0.15) is 0 Å². The molecule has 4 rings (SSSR count). The summed E-state index contributed by atoms with van der Waals surface area (Å²) in [5, 5.41) is 7.41. The molecule has 1 amide bonds. The van der Waals surface area contributed by atoms with Crippen LogP contribution >= 0.6 is 0 Å². The number of aromatic nitrogens is 4. The Bertz CT molecular complexity index is 1330. The number of carbonyl (C=O) groups excluding carboxylic acids is 1. The standard InChI is InChI=1S/C27H32N6O/c1-18-12-20(3)24(13-19(18)2)25-15-28-27(32(25)6)30-26(34)22-9-7-8-21(14-22)16-33-23(10-11-29-33)17-31(4)5/h7-15H,16-17H2,1-6H3,(H,28,30,34). The Labute approximate surface area is 201 Å². The first-order valence-electron chi connectivity index (χ1n) is 11.4. The van der Waals surface area contributed by atoms with Crippen molar-refractivity contribution in [3.8, 4) is 11.3 Å². The van der Waals surface area contributed by atoms with Gasteiger partial charge in [0.2, 0.25) is 5.95 Å². The SMILES string of the molecule is Cc1cc(C)c(-c2cnc(NC(=O)c3cccc(Cn4nccc4CN(C)C)c3)n2C)cc1C. The number of imidazole rings is 1. The first kappa shape index (κ1) is 23.4. The van der Waals surface area contributed by atoms with Gasteiger partial charge in [-0.2, -0.15) is 5.10 Å². The lowest BCUT2D eigenvalue weighted by Crippen LogP contribution is -2.17. The molecule has 0 saturated carbocycles. The molecule has 7 heteroatoms. The highest BCUT2D eigenvalue weighted by Gasteiger charge is 2.15. The van der Waals surface area contributed by atoms with Crippen LogP contribution in [-0.4, -0.2) is 44.2 Å². The van der Waals surface area contributed by atoms with Crippen LogP contribution in [0.15, 0.2) is 54.9 Å². The zero-order valence-corrected chi connectivity index (χ0v) is 20.8. The molecule has 0 spiro atoms. The van der Waals surface area contributed by atoms with Gasteiger partial charge in [-0.05, 0) is 81.4 Å². The van der Waals surface area contributed by atoms with Crippen LogP contribution in [0.25, 0.3) is 11.3 Å². The topological polar surface area (TPSA) is 68.0 Å². The Morgan fingerprint density at radius 3 is 2.56 bits per heavy atom. The van der Waals surface area contributed by atoms with Crippen molar-refractivity contribution in [2.75, 3.05) is 19.4 Å². The number of hydrogen-bond acceptors (Lipinski definition) is 4. The van der Waals surface area contributed by atoms with Crippen molar-refractivity contribution in [1.29, 1.82) is 0 Å². The molecule has 2 aromatic carbocycles. The number of nitrogens with zero attached hydrogens (tertiary/aromatic N) is 5. The number of benzene rings is 2. The molecule has 0 aliphatic carbocycles. The predicted molar refractivity (Wildman–Crippen MR) is 136 cm³/mol. The van der Waals surface area contributed by atoms with Gasteiger partial charge in [-0.15, -0.1) is 0 Å². The highest BCUT2D eigenvalue weighted by Crippen LogP contribution is 2.28. The molecule has 1 N–H and O–H groups in total. The Morgan fingerprint density at radius 1 is 1.03 bits per heavy atom. The zero-order chi connectivity index (χ0) is 24.4. The molecular weight excluding hydrogens is 424 g/mol. The maximum absolute atomic E-state index is 13.1. The molecule has 2 aromatic heterocycles. The number of carbonyl (C=O) groups is 1. The minimum atomic E-state index is -0.187. The number of rotatable bonds is 7. The quantitative estimate of drug-likeness (QED) is 0.442. The molecule has 0 aliphatic heterocycles. The van der Waals surface area contributed by atoms with E-state index in [1.165, 1.54) is 16.7 Å². The predicted octanol–water partition coefficient (Wildman–Crippen LogP) is 4.57. The third kappa shape index (κ3) is 4.94. The van der Waals surface area contributed by atoms with Crippen LogP contribution < -0.4 is 5.32 Å². The molecule has 0 radical (unpaired) electrons. The molecule has 7 nitrogen and oxygen atoms in total. The van der Waals surface area contributed by atoms with Crippen LogP contribution in [0.4, 0.5) is 5.95 Å². The average Bonchev–Trinajstić information content (AvgIpc) is 3.37. The molecule has 0 atom stereocenters. The molecule has 2 heterocycles. The highest BCUT2D eigenvalue weighted by molar-refractivity contribution is 6.03. The average molecular weight is 457 g/mol. The smallest absolute Gasteiger partial charge is 0.257 e. The molecular formula is C27H32N6O. The minimum Gasteiger partial charge on any atom is -0.313 e. The van der Waals surface area contributed by atoms with Gasteiger partial charge in [0, 0.05) is 30.9 Å². The van der Waals surface area contributed by atoms with Crippen molar-refractivity contribution in [2.45, 2.75) is 33.9 Å². The van der Waals surface area contributed by atoms with E-state index in [2.05, 4.69) is 53.2 Å². The monoisotopic (exact) mass is 456 g/mol. The van der Waals surface area contributed by atoms with E-state index in [0.29, 0.717) is 18.1 Å². The van der Waals surface area contributed by atoms with Crippen LogP contribution in [0.1, 0.15) is 38.3 Å². The minimum absolute atomic E-state index is 0.187. The summed E-state index contributed by atoms with van der Waals surface area (Å²) in [6.07, 6.45) is 3.62. The lowest BCUT2D eigenvalue weighted by atomic mass is 9.99. The maximum atomic E-state index is 13.1. The first-order chi connectivity index (χ1) is 16.2. The summed E-state index contributed by atoms with van der Waals surface area (Å²) in [7, 11) is 5.99. The third-order valence-electron chi connectivity index (χ3n) is 6.13. The van der Waals surface area contributed by atoms with Crippen LogP contribution in [0, 0.1) is 20.8 Å².